The van der Waals surface area contributed by atoms with Crippen LogP contribution >= 0.6 is 0 Å². The van der Waals surface area contributed by atoms with E-state index in [2.05, 4.69) is 10.3 Å². The van der Waals surface area contributed by atoms with Crippen LogP contribution in [-0.2, 0) is 13.1 Å². The van der Waals surface area contributed by atoms with Gasteiger partial charge < -0.3 is 9.88 Å². The Hall–Kier alpha value is -1.94. The van der Waals surface area contributed by atoms with Gasteiger partial charge in [-0.1, -0.05) is 12.1 Å². The average Bonchev–Trinajstić information content (AvgIpc) is 2.38. The van der Waals surface area contributed by atoms with Crippen LogP contribution < -0.4 is 10.9 Å². The van der Waals surface area contributed by atoms with Gasteiger partial charge in [-0.2, -0.15) is 0 Å². The average molecular weight is 229 g/mol. The van der Waals surface area contributed by atoms with E-state index in [1.807, 2.05) is 24.3 Å². The van der Waals surface area contributed by atoms with Crippen molar-refractivity contribution in [2.75, 3.05) is 6.54 Å². The van der Waals surface area contributed by atoms with E-state index in [0.29, 0.717) is 6.54 Å². The van der Waals surface area contributed by atoms with Crippen LogP contribution in [0.2, 0.25) is 0 Å². The van der Waals surface area contributed by atoms with Crippen molar-refractivity contribution in [3.63, 3.8) is 0 Å². The maximum atomic E-state index is 11.4. The summed E-state index contributed by atoms with van der Waals surface area (Å²) in [4.78, 5) is 15.6. The van der Waals surface area contributed by atoms with Gasteiger partial charge in [-0.15, -0.1) is 0 Å². The van der Waals surface area contributed by atoms with Crippen molar-refractivity contribution < 1.29 is 0 Å². The Morgan fingerprint density at radius 2 is 2.06 bits per heavy atom. The molecule has 0 spiro atoms. The van der Waals surface area contributed by atoms with Crippen LogP contribution in [0.15, 0.2) is 53.6 Å². The molecule has 0 unspecified atom stereocenters. The quantitative estimate of drug-likeness (QED) is 0.779. The number of nitrogens with zero attached hydrogens (tertiary/aromatic N) is 2. The second kappa shape index (κ2) is 5.96. The van der Waals surface area contributed by atoms with Crippen LogP contribution in [0.5, 0.6) is 0 Å². The summed E-state index contributed by atoms with van der Waals surface area (Å²) in [5.41, 5.74) is 1.04. The topological polar surface area (TPSA) is 46.9 Å². The summed E-state index contributed by atoms with van der Waals surface area (Å²) < 4.78 is 1.69. The van der Waals surface area contributed by atoms with Gasteiger partial charge in [0.15, 0.2) is 0 Å². The lowest BCUT2D eigenvalue weighted by atomic mass is 10.3. The molecular weight excluding hydrogens is 214 g/mol. The Kier molecular flexibility index (Phi) is 4.05. The Balaban J connectivity index is 1.78. The summed E-state index contributed by atoms with van der Waals surface area (Å²) in [5, 5.41) is 3.26. The maximum absolute atomic E-state index is 11.4. The monoisotopic (exact) mass is 229 g/mol. The minimum atomic E-state index is 0.0344. The maximum Gasteiger partial charge on any atom is 0.250 e. The first kappa shape index (κ1) is 11.5. The molecule has 0 aliphatic carbocycles. The van der Waals surface area contributed by atoms with Crippen LogP contribution in [0.3, 0.4) is 0 Å². The normalized spacial score (nSPS) is 10.4. The van der Waals surface area contributed by atoms with E-state index in [-0.39, 0.29) is 5.56 Å². The Morgan fingerprint density at radius 3 is 2.82 bits per heavy atom. The molecule has 2 aromatic heterocycles. The predicted molar refractivity (Wildman–Crippen MR) is 66.6 cm³/mol. The Bertz CT molecular complexity index is 507. The lowest BCUT2D eigenvalue weighted by Gasteiger charge is -2.06. The molecule has 0 aliphatic rings. The van der Waals surface area contributed by atoms with Gasteiger partial charge >= 0.3 is 0 Å². The number of hydrogen-bond donors (Lipinski definition) is 1. The van der Waals surface area contributed by atoms with Gasteiger partial charge in [-0.25, -0.2) is 0 Å². The molecule has 4 heteroatoms. The lowest BCUT2D eigenvalue weighted by molar-refractivity contribution is 0.580. The van der Waals surface area contributed by atoms with E-state index in [0.717, 1.165) is 18.8 Å². The molecule has 2 heterocycles. The molecule has 4 nitrogen and oxygen atoms in total. The van der Waals surface area contributed by atoms with Crippen molar-refractivity contribution in [2.24, 2.45) is 0 Å². The summed E-state index contributed by atoms with van der Waals surface area (Å²) in [6, 6.07) is 11.0. The molecular formula is C13H15N3O. The van der Waals surface area contributed by atoms with Crippen molar-refractivity contribution >= 4 is 0 Å². The second-order valence-corrected chi connectivity index (χ2v) is 3.73. The fraction of sp³-hybridized carbons (Fsp3) is 0.231. The first-order chi connectivity index (χ1) is 8.36. The highest BCUT2D eigenvalue weighted by atomic mass is 16.1. The molecule has 0 radical (unpaired) electrons. The van der Waals surface area contributed by atoms with Gasteiger partial charge in [0.25, 0.3) is 5.56 Å². The standard InChI is InChI=1S/C13H15N3O/c17-13-6-2-4-9-16(13)10-8-14-11-12-5-1-3-7-15-12/h1-7,9,14H,8,10-11H2. The van der Waals surface area contributed by atoms with Crippen LogP contribution in [-0.4, -0.2) is 16.1 Å². The molecule has 0 aromatic carbocycles. The van der Waals surface area contributed by atoms with Crippen LogP contribution in [0.4, 0.5) is 0 Å². The SMILES string of the molecule is O=c1ccccn1CCNCc1ccccn1. The van der Waals surface area contributed by atoms with Crippen molar-refractivity contribution in [3.8, 4) is 0 Å². The first-order valence-corrected chi connectivity index (χ1v) is 5.62. The van der Waals surface area contributed by atoms with Crippen molar-refractivity contribution in [3.05, 3.63) is 64.8 Å². The van der Waals surface area contributed by atoms with E-state index in [9.17, 15) is 4.79 Å². The summed E-state index contributed by atoms with van der Waals surface area (Å²) in [7, 11) is 0. The molecule has 0 saturated carbocycles. The number of aromatic nitrogens is 2. The summed E-state index contributed by atoms with van der Waals surface area (Å²) >= 11 is 0. The molecule has 2 aromatic rings. The predicted octanol–water partition coefficient (Wildman–Crippen LogP) is 1.03. The fourth-order valence-corrected chi connectivity index (χ4v) is 1.56. The van der Waals surface area contributed by atoms with Gasteiger partial charge in [0.1, 0.15) is 0 Å². The van der Waals surface area contributed by atoms with Gasteiger partial charge in [0.05, 0.1) is 5.69 Å². The zero-order valence-corrected chi connectivity index (χ0v) is 9.54. The summed E-state index contributed by atoms with van der Waals surface area (Å²) in [5.74, 6) is 0. The molecule has 2 rings (SSSR count). The molecule has 17 heavy (non-hydrogen) atoms. The van der Waals surface area contributed by atoms with E-state index >= 15 is 0 Å². The molecule has 0 bridgehead atoms. The molecule has 0 atom stereocenters. The van der Waals surface area contributed by atoms with Crippen molar-refractivity contribution in [1.82, 2.24) is 14.9 Å². The summed E-state index contributed by atoms with van der Waals surface area (Å²) in [6.07, 6.45) is 3.57. The van der Waals surface area contributed by atoms with Crippen LogP contribution in [0.25, 0.3) is 0 Å². The summed E-state index contributed by atoms with van der Waals surface area (Å²) in [6.45, 7) is 2.15. The number of pyridine rings is 2. The second-order valence-electron chi connectivity index (χ2n) is 3.73. The van der Waals surface area contributed by atoms with Gasteiger partial charge in [-0.3, -0.25) is 9.78 Å². The fourth-order valence-electron chi connectivity index (χ4n) is 1.56. The number of hydrogen-bond acceptors (Lipinski definition) is 3. The van der Waals surface area contributed by atoms with E-state index < -0.39 is 0 Å². The highest BCUT2D eigenvalue weighted by Gasteiger charge is 1.94. The van der Waals surface area contributed by atoms with Crippen molar-refractivity contribution in [2.45, 2.75) is 13.1 Å². The molecule has 88 valence electrons. The van der Waals surface area contributed by atoms with Crippen LogP contribution in [0.1, 0.15) is 5.69 Å². The van der Waals surface area contributed by atoms with E-state index in [1.165, 1.54) is 0 Å². The zero-order valence-electron chi connectivity index (χ0n) is 9.54. The molecule has 0 amide bonds. The highest BCUT2D eigenvalue weighted by Crippen LogP contribution is 1.91. The van der Waals surface area contributed by atoms with Crippen LogP contribution in [0, 0.1) is 0 Å². The lowest BCUT2D eigenvalue weighted by Crippen LogP contribution is -2.25. The Morgan fingerprint density at radius 1 is 1.18 bits per heavy atom. The third-order valence-corrected chi connectivity index (χ3v) is 2.46. The van der Waals surface area contributed by atoms with E-state index in [1.54, 1.807) is 29.1 Å². The molecule has 0 fully saturated rings. The largest absolute Gasteiger partial charge is 0.314 e. The number of nitrogens with one attached hydrogen (secondary N) is 1. The Labute approximate surface area is 99.9 Å². The minimum absolute atomic E-state index is 0.0344. The van der Waals surface area contributed by atoms with Crippen molar-refractivity contribution in [1.29, 1.82) is 0 Å². The van der Waals surface area contributed by atoms with E-state index in [4.69, 9.17) is 0 Å². The molecule has 0 saturated heterocycles. The van der Waals surface area contributed by atoms with Gasteiger partial charge in [-0.05, 0) is 18.2 Å². The van der Waals surface area contributed by atoms with Gasteiger partial charge in [0.2, 0.25) is 0 Å². The minimum Gasteiger partial charge on any atom is -0.314 e. The zero-order chi connectivity index (χ0) is 11.9. The highest BCUT2D eigenvalue weighted by molar-refractivity contribution is 5.02. The third-order valence-electron chi connectivity index (χ3n) is 2.46. The first-order valence-electron chi connectivity index (χ1n) is 5.62. The molecule has 0 aliphatic heterocycles. The molecule has 1 N–H and O–H groups in total. The smallest absolute Gasteiger partial charge is 0.250 e. The number of rotatable bonds is 5. The third kappa shape index (κ3) is 3.53. The van der Waals surface area contributed by atoms with Gasteiger partial charge in [0, 0.05) is 38.1 Å².